The van der Waals surface area contributed by atoms with Crippen molar-refractivity contribution >= 4 is 61.0 Å². The highest BCUT2D eigenvalue weighted by molar-refractivity contribution is 7.80. The summed E-state index contributed by atoms with van der Waals surface area (Å²) in [5.41, 5.74) is 2.77. The molecule has 11 heteroatoms. The summed E-state index contributed by atoms with van der Waals surface area (Å²) >= 11 is 12.3. The summed E-state index contributed by atoms with van der Waals surface area (Å²) in [6.45, 7) is 0. The Morgan fingerprint density at radius 3 is 2.22 bits per heavy atom. The Kier molecular flexibility index (Phi) is 6.97. The van der Waals surface area contributed by atoms with Gasteiger partial charge >= 0.3 is 10.4 Å². The predicted molar refractivity (Wildman–Crippen MR) is 123 cm³/mol. The van der Waals surface area contributed by atoms with E-state index in [1.54, 1.807) is 24.3 Å². The molecule has 0 aliphatic rings. The van der Waals surface area contributed by atoms with E-state index in [1.807, 2.05) is 41.9 Å². The Hall–Kier alpha value is -2.82. The summed E-state index contributed by atoms with van der Waals surface area (Å²) in [5.74, 6) is 0. The number of non-ortho nitro benzene ring substituents is 1. The van der Waals surface area contributed by atoms with Crippen LogP contribution in [0.2, 0.25) is 10.0 Å². The van der Waals surface area contributed by atoms with E-state index in [2.05, 4.69) is 4.18 Å². The van der Waals surface area contributed by atoms with Crippen LogP contribution in [0.25, 0.3) is 32.9 Å². The molecule has 0 amide bonds. The summed E-state index contributed by atoms with van der Waals surface area (Å²) in [5, 5.41) is 15.0. The Morgan fingerprint density at radius 1 is 0.969 bits per heavy atom. The number of benzene rings is 3. The van der Waals surface area contributed by atoms with E-state index in [0.717, 1.165) is 40.0 Å². The number of nitro groups is 1. The first-order valence-electron chi connectivity index (χ1n) is 9.01. The van der Waals surface area contributed by atoms with Gasteiger partial charge in [-0.2, -0.15) is 13.0 Å². The maximum atomic E-state index is 11.3. The van der Waals surface area contributed by atoms with Gasteiger partial charge in [0, 0.05) is 29.1 Å². The third-order valence-electron chi connectivity index (χ3n) is 4.76. The fourth-order valence-electron chi connectivity index (χ4n) is 3.36. The molecule has 0 radical (unpaired) electrons. The van der Waals surface area contributed by atoms with Gasteiger partial charge in [-0.05, 0) is 30.3 Å². The van der Waals surface area contributed by atoms with Crippen LogP contribution in [0.1, 0.15) is 0 Å². The largest absolute Gasteiger partial charge is 0.397 e. The van der Waals surface area contributed by atoms with E-state index in [4.69, 9.17) is 27.8 Å². The molecule has 0 atom stereocenters. The number of hydrogen-bond acceptors (Lipinski definition) is 5. The predicted octanol–water partition coefficient (Wildman–Crippen LogP) is 5.14. The number of fused-ring (bicyclic) bond motifs is 3. The third-order valence-corrected chi connectivity index (χ3v) is 5.92. The molecular weight excluding hydrogens is 479 g/mol. The minimum absolute atomic E-state index is 0.0501. The average Bonchev–Trinajstić information content (AvgIpc) is 2.76. The van der Waals surface area contributed by atoms with Crippen LogP contribution in [0, 0.1) is 10.1 Å². The van der Waals surface area contributed by atoms with Gasteiger partial charge in [0.25, 0.3) is 5.69 Å². The lowest BCUT2D eigenvalue weighted by Crippen LogP contribution is -2.32. The van der Waals surface area contributed by atoms with E-state index >= 15 is 0 Å². The fraction of sp³-hybridized carbons (Fsp3) is 0.0952. The molecule has 0 fully saturated rings. The van der Waals surface area contributed by atoms with E-state index in [1.165, 1.54) is 6.07 Å². The molecule has 32 heavy (non-hydrogen) atoms. The van der Waals surface area contributed by atoms with E-state index in [0.29, 0.717) is 10.0 Å². The zero-order valence-electron chi connectivity index (χ0n) is 16.8. The molecule has 3 aromatic carbocycles. The molecule has 0 aliphatic heterocycles. The molecule has 1 N–H and O–H groups in total. The second-order valence-electron chi connectivity index (χ2n) is 6.64. The summed E-state index contributed by atoms with van der Waals surface area (Å²) in [4.78, 5) is 10.9. The zero-order chi connectivity index (χ0) is 23.6. The van der Waals surface area contributed by atoms with Crippen molar-refractivity contribution in [2.75, 3.05) is 7.11 Å². The first kappa shape index (κ1) is 23.8. The number of hydrogen-bond donors (Lipinski definition) is 1. The van der Waals surface area contributed by atoms with Gasteiger partial charge in [-0.1, -0.05) is 35.3 Å². The SMILES string of the molecule is COS(=O)(=O)O.C[n+]1c(-c2ccc(Cl)c(Cl)c2)c2cc([N+](=O)[O-])ccc2c2ccccc21. The van der Waals surface area contributed by atoms with Crippen LogP contribution >= 0.6 is 23.2 Å². The van der Waals surface area contributed by atoms with Crippen molar-refractivity contribution in [1.29, 1.82) is 0 Å². The summed E-state index contributed by atoms with van der Waals surface area (Å²) in [6.07, 6.45) is 0. The lowest BCUT2D eigenvalue weighted by molar-refractivity contribution is -0.632. The number of aromatic nitrogens is 1. The van der Waals surface area contributed by atoms with Crippen molar-refractivity contribution < 1.29 is 26.6 Å². The van der Waals surface area contributed by atoms with Crippen molar-refractivity contribution in [3.8, 4) is 11.3 Å². The molecule has 1 aromatic heterocycles. The van der Waals surface area contributed by atoms with Crippen LogP contribution in [0.5, 0.6) is 0 Å². The highest BCUT2D eigenvalue weighted by Crippen LogP contribution is 2.35. The van der Waals surface area contributed by atoms with E-state index in [-0.39, 0.29) is 10.6 Å². The van der Waals surface area contributed by atoms with Gasteiger partial charge in [-0.3, -0.25) is 18.9 Å². The highest BCUT2D eigenvalue weighted by Gasteiger charge is 2.23. The highest BCUT2D eigenvalue weighted by atomic mass is 35.5. The maximum Gasteiger partial charge on any atom is 0.397 e. The first-order valence-corrected chi connectivity index (χ1v) is 11.1. The Balaban J connectivity index is 0.000000427. The molecule has 0 aliphatic carbocycles. The lowest BCUT2D eigenvalue weighted by Gasteiger charge is -2.10. The molecular formula is C21H17Cl2N2O6S+. The summed E-state index contributed by atoms with van der Waals surface area (Å²) in [6, 6.07) is 18.3. The molecule has 4 aromatic rings. The molecule has 0 spiro atoms. The van der Waals surface area contributed by atoms with Gasteiger partial charge in [-0.15, -0.1) is 0 Å². The first-order chi connectivity index (χ1) is 15.0. The number of pyridine rings is 1. The van der Waals surface area contributed by atoms with Crippen LogP contribution in [0.4, 0.5) is 5.69 Å². The van der Waals surface area contributed by atoms with Crippen LogP contribution in [0.15, 0.2) is 60.7 Å². The quantitative estimate of drug-likeness (QED) is 0.138. The van der Waals surface area contributed by atoms with Crippen LogP contribution in [-0.4, -0.2) is 25.0 Å². The Labute approximate surface area is 193 Å². The van der Waals surface area contributed by atoms with Crippen LogP contribution in [-0.2, 0) is 21.6 Å². The van der Waals surface area contributed by atoms with Gasteiger partial charge < -0.3 is 0 Å². The Bertz CT molecular complexity index is 1460. The Morgan fingerprint density at radius 2 is 1.62 bits per heavy atom. The number of para-hydroxylation sites is 1. The van der Waals surface area contributed by atoms with Crippen LogP contribution in [0.3, 0.4) is 0 Å². The van der Waals surface area contributed by atoms with Gasteiger partial charge in [0.2, 0.25) is 11.2 Å². The van der Waals surface area contributed by atoms with Gasteiger partial charge in [0.05, 0.1) is 32.9 Å². The number of rotatable bonds is 3. The molecule has 0 unspecified atom stereocenters. The third kappa shape index (κ3) is 4.98. The van der Waals surface area contributed by atoms with Gasteiger partial charge in [0.15, 0.2) is 0 Å². The zero-order valence-corrected chi connectivity index (χ0v) is 19.1. The van der Waals surface area contributed by atoms with Crippen molar-refractivity contribution in [3.63, 3.8) is 0 Å². The van der Waals surface area contributed by atoms with E-state index < -0.39 is 10.4 Å². The number of halogens is 2. The molecule has 0 bridgehead atoms. The molecule has 4 rings (SSSR count). The molecule has 166 valence electrons. The van der Waals surface area contributed by atoms with Gasteiger partial charge in [-0.25, -0.2) is 0 Å². The van der Waals surface area contributed by atoms with Crippen molar-refractivity contribution in [1.82, 2.24) is 0 Å². The molecule has 0 saturated carbocycles. The van der Waals surface area contributed by atoms with Crippen molar-refractivity contribution in [2.24, 2.45) is 7.05 Å². The maximum absolute atomic E-state index is 11.3. The molecule has 0 saturated heterocycles. The number of aryl methyl sites for hydroxylation is 1. The second-order valence-corrected chi connectivity index (χ2v) is 8.64. The summed E-state index contributed by atoms with van der Waals surface area (Å²) < 4.78 is 31.7. The standard InChI is InChI=1S/C20H13Cl2N2O2.CH4O4S/c1-23-19-5-3-2-4-15(19)14-8-7-13(24(25)26)11-16(14)20(23)12-6-9-17(21)18(22)10-12;1-5-6(2,3)4/h2-11H,1H3;1H3,(H,2,3,4)/q+1;. The molecule has 1 heterocycles. The number of nitro benzene ring substituents is 1. The lowest BCUT2D eigenvalue weighted by atomic mass is 9.98. The minimum atomic E-state index is -4.16. The average molecular weight is 496 g/mol. The monoisotopic (exact) mass is 495 g/mol. The minimum Gasteiger partial charge on any atom is -0.264 e. The normalized spacial score (nSPS) is 11.3. The smallest absolute Gasteiger partial charge is 0.264 e. The van der Waals surface area contributed by atoms with Crippen molar-refractivity contribution in [2.45, 2.75) is 0 Å². The fourth-order valence-corrected chi connectivity index (χ4v) is 3.66. The van der Waals surface area contributed by atoms with Gasteiger partial charge in [0.1, 0.15) is 7.05 Å². The number of nitrogens with zero attached hydrogens (tertiary/aromatic N) is 2. The summed E-state index contributed by atoms with van der Waals surface area (Å²) in [7, 11) is -1.35. The van der Waals surface area contributed by atoms with E-state index in [9.17, 15) is 18.5 Å². The topological polar surface area (TPSA) is 111 Å². The van der Waals surface area contributed by atoms with Crippen molar-refractivity contribution in [3.05, 3.63) is 80.8 Å². The van der Waals surface area contributed by atoms with Crippen LogP contribution < -0.4 is 4.57 Å². The molecule has 8 nitrogen and oxygen atoms in total. The second kappa shape index (κ2) is 9.35.